The van der Waals surface area contributed by atoms with Gasteiger partial charge in [0.25, 0.3) is 0 Å². The highest BCUT2D eigenvalue weighted by molar-refractivity contribution is 6.30. The van der Waals surface area contributed by atoms with Gasteiger partial charge in [-0.05, 0) is 65.2 Å². The van der Waals surface area contributed by atoms with Crippen molar-refractivity contribution in [1.29, 1.82) is 0 Å². The van der Waals surface area contributed by atoms with Gasteiger partial charge in [0.2, 0.25) is 0 Å². The normalized spacial score (nSPS) is 20.4. The first-order chi connectivity index (χ1) is 11.8. The molecular formula is C19H29ClN2O3. The van der Waals surface area contributed by atoms with E-state index in [9.17, 15) is 4.79 Å². The number of hydrogen-bond donors (Lipinski definition) is 2. The number of carbonyl (C=O) groups excluding carboxylic acids is 1. The average Bonchev–Trinajstić information content (AvgIpc) is 2.93. The van der Waals surface area contributed by atoms with Crippen LogP contribution in [-0.2, 0) is 11.3 Å². The molecule has 0 heterocycles. The summed E-state index contributed by atoms with van der Waals surface area (Å²) in [5.41, 5.74) is 0.584. The van der Waals surface area contributed by atoms with Crippen molar-refractivity contribution >= 4 is 17.7 Å². The van der Waals surface area contributed by atoms with E-state index in [0.717, 1.165) is 30.6 Å². The SMILES string of the molecule is CCOc1ccc(Cl)cc1CN[C@H]1CC[C@H](NC(=O)OC(C)(C)C)C1. The Morgan fingerprint density at radius 2 is 2.00 bits per heavy atom. The van der Waals surface area contributed by atoms with Crippen LogP contribution in [0, 0.1) is 0 Å². The van der Waals surface area contributed by atoms with Gasteiger partial charge in [0.15, 0.2) is 0 Å². The van der Waals surface area contributed by atoms with Crippen LogP contribution in [0.15, 0.2) is 18.2 Å². The lowest BCUT2D eigenvalue weighted by Gasteiger charge is -2.22. The fraction of sp³-hybridized carbons (Fsp3) is 0.632. The van der Waals surface area contributed by atoms with Gasteiger partial charge in [0.1, 0.15) is 11.4 Å². The summed E-state index contributed by atoms with van der Waals surface area (Å²) >= 11 is 6.10. The van der Waals surface area contributed by atoms with Crippen LogP contribution in [-0.4, -0.2) is 30.4 Å². The smallest absolute Gasteiger partial charge is 0.407 e. The molecule has 1 saturated carbocycles. The van der Waals surface area contributed by atoms with Crippen molar-refractivity contribution in [2.45, 2.75) is 71.2 Å². The second-order valence-electron chi connectivity index (χ2n) is 7.42. The van der Waals surface area contributed by atoms with E-state index >= 15 is 0 Å². The summed E-state index contributed by atoms with van der Waals surface area (Å²) < 4.78 is 11.0. The molecule has 140 valence electrons. The van der Waals surface area contributed by atoms with Gasteiger partial charge in [0, 0.05) is 29.2 Å². The molecule has 0 spiro atoms. The first-order valence-electron chi connectivity index (χ1n) is 8.91. The Morgan fingerprint density at radius 3 is 2.68 bits per heavy atom. The number of hydrogen-bond acceptors (Lipinski definition) is 4. The minimum atomic E-state index is -0.470. The van der Waals surface area contributed by atoms with Crippen molar-refractivity contribution in [1.82, 2.24) is 10.6 Å². The molecule has 1 aliphatic carbocycles. The zero-order valence-corrected chi connectivity index (χ0v) is 16.3. The van der Waals surface area contributed by atoms with Gasteiger partial charge in [-0.25, -0.2) is 4.79 Å². The van der Waals surface area contributed by atoms with Gasteiger partial charge < -0.3 is 20.1 Å². The zero-order valence-electron chi connectivity index (χ0n) is 15.5. The lowest BCUT2D eigenvalue weighted by molar-refractivity contribution is 0.0505. The molecule has 0 aliphatic heterocycles. The molecule has 0 unspecified atom stereocenters. The summed E-state index contributed by atoms with van der Waals surface area (Å²) in [7, 11) is 0. The van der Waals surface area contributed by atoms with Crippen LogP contribution in [0.5, 0.6) is 5.75 Å². The highest BCUT2D eigenvalue weighted by Crippen LogP contribution is 2.25. The third-order valence-electron chi connectivity index (χ3n) is 4.06. The molecular weight excluding hydrogens is 340 g/mol. The molecule has 2 rings (SSSR count). The van der Waals surface area contributed by atoms with Gasteiger partial charge in [-0.15, -0.1) is 0 Å². The summed E-state index contributed by atoms with van der Waals surface area (Å²) in [6.45, 7) is 8.89. The summed E-state index contributed by atoms with van der Waals surface area (Å²) in [6, 6.07) is 6.19. The topological polar surface area (TPSA) is 59.6 Å². The van der Waals surface area contributed by atoms with Gasteiger partial charge in [-0.1, -0.05) is 11.6 Å². The second-order valence-corrected chi connectivity index (χ2v) is 7.86. The molecule has 2 atom stereocenters. The van der Waals surface area contributed by atoms with Gasteiger partial charge in [0.05, 0.1) is 6.61 Å². The van der Waals surface area contributed by atoms with Crippen LogP contribution >= 0.6 is 11.6 Å². The molecule has 1 aliphatic rings. The quantitative estimate of drug-likeness (QED) is 0.787. The molecule has 1 aromatic carbocycles. The molecule has 1 amide bonds. The van der Waals surface area contributed by atoms with Crippen molar-refractivity contribution in [3.63, 3.8) is 0 Å². The monoisotopic (exact) mass is 368 g/mol. The predicted octanol–water partition coefficient (Wildman–Crippen LogP) is 4.27. The Bertz CT molecular complexity index is 587. The Kier molecular flexibility index (Phi) is 6.96. The summed E-state index contributed by atoms with van der Waals surface area (Å²) in [5.74, 6) is 0.862. The lowest BCUT2D eigenvalue weighted by atomic mass is 10.1. The van der Waals surface area contributed by atoms with Crippen molar-refractivity contribution in [3.8, 4) is 5.75 Å². The maximum Gasteiger partial charge on any atom is 0.407 e. The number of alkyl carbamates (subject to hydrolysis) is 1. The standard InChI is InChI=1S/C19H29ClN2O3/c1-5-24-17-9-6-14(20)10-13(17)12-21-15-7-8-16(11-15)22-18(23)25-19(2,3)4/h6,9-10,15-16,21H,5,7-8,11-12H2,1-4H3,(H,22,23)/t15-,16-/m0/s1. The number of benzene rings is 1. The number of rotatable bonds is 6. The number of halogens is 1. The Balaban J connectivity index is 1.82. The summed E-state index contributed by atoms with van der Waals surface area (Å²) in [4.78, 5) is 11.9. The molecule has 5 nitrogen and oxygen atoms in total. The van der Waals surface area contributed by atoms with E-state index in [2.05, 4.69) is 10.6 Å². The average molecular weight is 369 g/mol. The van der Waals surface area contributed by atoms with Crippen LogP contribution in [0.25, 0.3) is 0 Å². The molecule has 0 bridgehead atoms. The van der Waals surface area contributed by atoms with Gasteiger partial charge in [-0.2, -0.15) is 0 Å². The summed E-state index contributed by atoms with van der Waals surface area (Å²) in [6.07, 6.45) is 2.52. The van der Waals surface area contributed by atoms with Crippen LogP contribution in [0.1, 0.15) is 52.5 Å². The van der Waals surface area contributed by atoms with Crippen LogP contribution < -0.4 is 15.4 Å². The molecule has 1 aromatic rings. The second kappa shape index (κ2) is 8.77. The van der Waals surface area contributed by atoms with E-state index in [1.807, 2.05) is 45.9 Å². The highest BCUT2D eigenvalue weighted by Gasteiger charge is 2.27. The van der Waals surface area contributed by atoms with E-state index in [1.54, 1.807) is 0 Å². The van der Waals surface area contributed by atoms with Crippen molar-refractivity contribution in [2.75, 3.05) is 6.61 Å². The molecule has 2 N–H and O–H groups in total. The molecule has 6 heteroatoms. The van der Waals surface area contributed by atoms with E-state index in [4.69, 9.17) is 21.1 Å². The Labute approximate surface area is 155 Å². The van der Waals surface area contributed by atoms with Crippen molar-refractivity contribution in [3.05, 3.63) is 28.8 Å². The first-order valence-corrected chi connectivity index (χ1v) is 9.28. The maximum absolute atomic E-state index is 11.9. The third-order valence-corrected chi connectivity index (χ3v) is 4.29. The Morgan fingerprint density at radius 1 is 1.28 bits per heavy atom. The molecule has 0 aromatic heterocycles. The number of amides is 1. The minimum absolute atomic E-state index is 0.151. The Hall–Kier alpha value is -1.46. The van der Waals surface area contributed by atoms with E-state index in [0.29, 0.717) is 24.2 Å². The van der Waals surface area contributed by atoms with Gasteiger partial charge >= 0.3 is 6.09 Å². The fourth-order valence-electron chi connectivity index (χ4n) is 3.01. The highest BCUT2D eigenvalue weighted by atomic mass is 35.5. The van der Waals surface area contributed by atoms with E-state index < -0.39 is 5.60 Å². The first kappa shape index (κ1) is 19.9. The number of nitrogens with one attached hydrogen (secondary N) is 2. The van der Waals surface area contributed by atoms with Crippen LogP contribution in [0.4, 0.5) is 4.79 Å². The maximum atomic E-state index is 11.9. The zero-order chi connectivity index (χ0) is 18.4. The third kappa shape index (κ3) is 6.75. The van der Waals surface area contributed by atoms with E-state index in [1.165, 1.54) is 0 Å². The number of ether oxygens (including phenoxy) is 2. The van der Waals surface area contributed by atoms with E-state index in [-0.39, 0.29) is 12.1 Å². The predicted molar refractivity (Wildman–Crippen MR) is 100 cm³/mol. The minimum Gasteiger partial charge on any atom is -0.494 e. The van der Waals surface area contributed by atoms with Gasteiger partial charge in [-0.3, -0.25) is 0 Å². The molecule has 1 fully saturated rings. The number of carbonyl (C=O) groups is 1. The lowest BCUT2D eigenvalue weighted by Crippen LogP contribution is -2.38. The van der Waals surface area contributed by atoms with Crippen LogP contribution in [0.2, 0.25) is 5.02 Å². The summed E-state index contributed by atoms with van der Waals surface area (Å²) in [5, 5.41) is 7.21. The van der Waals surface area contributed by atoms with Crippen molar-refractivity contribution < 1.29 is 14.3 Å². The molecule has 25 heavy (non-hydrogen) atoms. The molecule has 0 radical (unpaired) electrons. The molecule has 0 saturated heterocycles. The fourth-order valence-corrected chi connectivity index (χ4v) is 3.20. The largest absolute Gasteiger partial charge is 0.494 e. The van der Waals surface area contributed by atoms with Crippen molar-refractivity contribution in [2.24, 2.45) is 0 Å². The van der Waals surface area contributed by atoms with Crippen LogP contribution in [0.3, 0.4) is 0 Å².